The average molecular weight is 246 g/mol. The highest BCUT2D eigenvalue weighted by Crippen LogP contribution is 2.27. The highest BCUT2D eigenvalue weighted by molar-refractivity contribution is 6.32. The van der Waals surface area contributed by atoms with E-state index in [9.17, 15) is 10.1 Å². The van der Waals surface area contributed by atoms with Crippen LogP contribution in [0.15, 0.2) is 24.3 Å². The fourth-order valence-electron chi connectivity index (χ4n) is 1.11. The minimum absolute atomic E-state index is 0.00771. The molecule has 0 aromatic heterocycles. The second kappa shape index (κ2) is 5.73. The van der Waals surface area contributed by atoms with Crippen LogP contribution in [0.4, 0.5) is 5.69 Å². The summed E-state index contributed by atoms with van der Waals surface area (Å²) in [6.07, 6.45) is 4.05. The maximum Gasteiger partial charge on any atom is 0.278 e. The fourth-order valence-corrected chi connectivity index (χ4v) is 1.47. The topological polar surface area (TPSA) is 43.1 Å². The van der Waals surface area contributed by atoms with Crippen molar-refractivity contribution < 1.29 is 4.92 Å². The van der Waals surface area contributed by atoms with Crippen LogP contribution in [0.5, 0.6) is 0 Å². The molecule has 1 aromatic carbocycles. The average Bonchev–Trinajstić information content (AvgIpc) is 2.20. The number of halogens is 2. The van der Waals surface area contributed by atoms with Crippen LogP contribution in [0.3, 0.4) is 0 Å². The molecule has 0 fully saturated rings. The molecule has 0 heterocycles. The number of rotatable bonds is 4. The maximum absolute atomic E-state index is 10.7. The van der Waals surface area contributed by atoms with Crippen molar-refractivity contribution in [3.8, 4) is 0 Å². The molecule has 0 radical (unpaired) electrons. The van der Waals surface area contributed by atoms with Gasteiger partial charge in [0.2, 0.25) is 0 Å². The molecule has 0 aliphatic heterocycles. The lowest BCUT2D eigenvalue weighted by molar-refractivity contribution is -0.385. The van der Waals surface area contributed by atoms with E-state index in [2.05, 4.69) is 0 Å². The van der Waals surface area contributed by atoms with Crippen molar-refractivity contribution in [3.63, 3.8) is 0 Å². The standard InChI is InChI=1S/C10H9Cl2NO2/c11-7-2-1-4-8-9(12)5-3-6-10(8)13(14)15/h1,3-6H,2,7H2. The first-order valence-electron chi connectivity index (χ1n) is 4.32. The molecule has 0 atom stereocenters. The summed E-state index contributed by atoms with van der Waals surface area (Å²) < 4.78 is 0. The van der Waals surface area contributed by atoms with Crippen LogP contribution in [-0.2, 0) is 0 Å². The van der Waals surface area contributed by atoms with E-state index in [0.717, 1.165) is 0 Å². The third-order valence-electron chi connectivity index (χ3n) is 1.79. The van der Waals surface area contributed by atoms with Crippen LogP contribution in [0, 0.1) is 10.1 Å². The number of nitro benzene ring substituents is 1. The summed E-state index contributed by atoms with van der Waals surface area (Å²) in [6, 6.07) is 4.60. The molecule has 0 bridgehead atoms. The largest absolute Gasteiger partial charge is 0.278 e. The van der Waals surface area contributed by atoms with Gasteiger partial charge in [-0.15, -0.1) is 11.6 Å². The van der Waals surface area contributed by atoms with E-state index < -0.39 is 4.92 Å². The van der Waals surface area contributed by atoms with Gasteiger partial charge in [-0.1, -0.05) is 29.8 Å². The van der Waals surface area contributed by atoms with Crippen molar-refractivity contribution in [2.24, 2.45) is 0 Å². The molecule has 0 saturated carbocycles. The van der Waals surface area contributed by atoms with Gasteiger partial charge in [0.15, 0.2) is 0 Å². The fraction of sp³-hybridized carbons (Fsp3) is 0.200. The Hall–Kier alpha value is -1.06. The quantitative estimate of drug-likeness (QED) is 0.459. The SMILES string of the molecule is O=[N+]([O-])c1cccc(Cl)c1C=CCCCl. The molecule has 1 rings (SSSR count). The summed E-state index contributed by atoms with van der Waals surface area (Å²) in [5, 5.41) is 11.1. The molecule has 80 valence electrons. The number of alkyl halides is 1. The minimum Gasteiger partial charge on any atom is -0.258 e. The molecule has 0 unspecified atom stereocenters. The van der Waals surface area contributed by atoms with E-state index >= 15 is 0 Å². The van der Waals surface area contributed by atoms with Gasteiger partial charge >= 0.3 is 0 Å². The summed E-state index contributed by atoms with van der Waals surface area (Å²) in [7, 11) is 0. The summed E-state index contributed by atoms with van der Waals surface area (Å²) in [5.74, 6) is 0.481. The number of benzene rings is 1. The predicted octanol–water partition coefficient (Wildman–Crippen LogP) is 3.89. The Labute approximate surface area is 97.5 Å². The second-order valence-electron chi connectivity index (χ2n) is 2.81. The number of hydrogen-bond acceptors (Lipinski definition) is 2. The molecule has 5 heteroatoms. The lowest BCUT2D eigenvalue weighted by Crippen LogP contribution is -1.91. The van der Waals surface area contributed by atoms with Crippen LogP contribution < -0.4 is 0 Å². The number of nitrogens with zero attached hydrogens (tertiary/aromatic N) is 1. The molecule has 15 heavy (non-hydrogen) atoms. The van der Waals surface area contributed by atoms with Crippen molar-refractivity contribution in [3.05, 3.63) is 45.0 Å². The molecule has 3 nitrogen and oxygen atoms in total. The van der Waals surface area contributed by atoms with Gasteiger partial charge in [-0.05, 0) is 12.5 Å². The van der Waals surface area contributed by atoms with Crippen LogP contribution in [0.25, 0.3) is 6.08 Å². The maximum atomic E-state index is 10.7. The van der Waals surface area contributed by atoms with Crippen LogP contribution in [0.2, 0.25) is 5.02 Å². The number of allylic oxidation sites excluding steroid dienone is 1. The Balaban J connectivity index is 3.07. The van der Waals surface area contributed by atoms with E-state index in [4.69, 9.17) is 23.2 Å². The van der Waals surface area contributed by atoms with Gasteiger partial charge in [-0.3, -0.25) is 10.1 Å². The Bertz CT molecular complexity index is 391. The first kappa shape index (κ1) is 12.0. The third-order valence-corrected chi connectivity index (χ3v) is 2.33. The van der Waals surface area contributed by atoms with Crippen molar-refractivity contribution in [2.45, 2.75) is 6.42 Å². The molecule has 0 spiro atoms. The van der Waals surface area contributed by atoms with Gasteiger partial charge in [-0.25, -0.2) is 0 Å². The van der Waals surface area contributed by atoms with E-state index in [-0.39, 0.29) is 5.69 Å². The monoisotopic (exact) mass is 245 g/mol. The summed E-state index contributed by atoms with van der Waals surface area (Å²) >= 11 is 11.4. The zero-order valence-electron chi connectivity index (χ0n) is 7.82. The van der Waals surface area contributed by atoms with Gasteiger partial charge in [0.25, 0.3) is 5.69 Å². The van der Waals surface area contributed by atoms with Gasteiger partial charge < -0.3 is 0 Å². The van der Waals surface area contributed by atoms with Crippen molar-refractivity contribution >= 4 is 35.0 Å². The number of nitro groups is 1. The summed E-state index contributed by atoms with van der Waals surface area (Å²) in [4.78, 5) is 10.2. The lowest BCUT2D eigenvalue weighted by atomic mass is 10.1. The van der Waals surface area contributed by atoms with Crippen LogP contribution >= 0.6 is 23.2 Å². The van der Waals surface area contributed by atoms with Gasteiger partial charge in [0.1, 0.15) is 0 Å². The molecular formula is C10H9Cl2NO2. The van der Waals surface area contributed by atoms with Crippen molar-refractivity contribution in [2.75, 3.05) is 5.88 Å². The molecule has 0 aliphatic carbocycles. The Morgan fingerprint density at radius 2 is 2.20 bits per heavy atom. The van der Waals surface area contributed by atoms with Crippen LogP contribution in [-0.4, -0.2) is 10.8 Å². The second-order valence-corrected chi connectivity index (χ2v) is 3.59. The first-order chi connectivity index (χ1) is 7.16. The molecule has 0 aliphatic rings. The molecule has 0 amide bonds. The van der Waals surface area contributed by atoms with Crippen LogP contribution in [0.1, 0.15) is 12.0 Å². The van der Waals surface area contributed by atoms with Gasteiger partial charge in [-0.2, -0.15) is 0 Å². The predicted molar refractivity (Wildman–Crippen MR) is 62.5 cm³/mol. The van der Waals surface area contributed by atoms with Crippen molar-refractivity contribution in [1.29, 1.82) is 0 Å². The highest BCUT2D eigenvalue weighted by atomic mass is 35.5. The molecule has 1 aromatic rings. The van der Waals surface area contributed by atoms with Gasteiger partial charge in [0.05, 0.1) is 15.5 Å². The van der Waals surface area contributed by atoms with E-state index in [1.165, 1.54) is 6.07 Å². The molecule has 0 saturated heterocycles. The van der Waals surface area contributed by atoms with E-state index in [1.807, 2.05) is 0 Å². The smallest absolute Gasteiger partial charge is 0.258 e. The molecule has 0 N–H and O–H groups in total. The summed E-state index contributed by atoms with van der Waals surface area (Å²) in [6.45, 7) is 0. The Morgan fingerprint density at radius 3 is 2.80 bits per heavy atom. The lowest BCUT2D eigenvalue weighted by Gasteiger charge is -1.99. The zero-order chi connectivity index (χ0) is 11.3. The third kappa shape index (κ3) is 3.22. The van der Waals surface area contributed by atoms with Gasteiger partial charge in [0, 0.05) is 11.9 Å². The minimum atomic E-state index is -0.452. The van der Waals surface area contributed by atoms with Crippen molar-refractivity contribution in [1.82, 2.24) is 0 Å². The normalized spacial score (nSPS) is 10.8. The zero-order valence-corrected chi connectivity index (χ0v) is 9.33. The molecular weight excluding hydrogens is 237 g/mol. The number of hydrogen-bond donors (Lipinski definition) is 0. The summed E-state index contributed by atoms with van der Waals surface area (Å²) in [5.41, 5.74) is 0.433. The first-order valence-corrected chi connectivity index (χ1v) is 5.23. The Kier molecular flexibility index (Phi) is 4.59. The van der Waals surface area contributed by atoms with E-state index in [1.54, 1.807) is 24.3 Å². The highest BCUT2D eigenvalue weighted by Gasteiger charge is 2.13. The van der Waals surface area contributed by atoms with E-state index in [0.29, 0.717) is 22.9 Å². The Morgan fingerprint density at radius 1 is 1.47 bits per heavy atom.